The minimum Gasteiger partial charge on any atom is -0.468 e. The van der Waals surface area contributed by atoms with Crippen molar-refractivity contribution in [2.75, 3.05) is 7.11 Å². The summed E-state index contributed by atoms with van der Waals surface area (Å²) in [6.07, 6.45) is 5.04. The molecule has 0 saturated heterocycles. The van der Waals surface area contributed by atoms with Crippen molar-refractivity contribution < 1.29 is 14.5 Å². The molecule has 0 aliphatic carbocycles. The summed E-state index contributed by atoms with van der Waals surface area (Å²) in [5.41, 5.74) is 3.79. The first-order valence-electron chi connectivity index (χ1n) is 10.4. The third-order valence-electron chi connectivity index (χ3n) is 5.64. The number of hydrogen-bond donors (Lipinski definition) is 0. The fourth-order valence-electron chi connectivity index (χ4n) is 4.24. The number of carbonyl (C=O) groups excluding carboxylic acids is 1. The van der Waals surface area contributed by atoms with Crippen molar-refractivity contribution in [1.82, 2.24) is 0 Å². The van der Waals surface area contributed by atoms with Gasteiger partial charge in [0.25, 0.3) is 5.69 Å². The van der Waals surface area contributed by atoms with Gasteiger partial charge in [-0.1, -0.05) is 38.8 Å². The van der Waals surface area contributed by atoms with Crippen LogP contribution < -0.4 is 0 Å². The van der Waals surface area contributed by atoms with Crippen molar-refractivity contribution in [3.63, 3.8) is 0 Å². The Morgan fingerprint density at radius 2 is 2.03 bits per heavy atom. The molecule has 0 saturated carbocycles. The standard InChI is InChI=1S/C23H28N2O4S/c1-5-7-12-17-18(9-6-2)30-22-21(17)20(19(14(3)24-22)23(26)29-4)15-10-8-11-16(13-15)25(27)28/h8,10-11,13,19-20H,5-7,9,12H2,1-4H3. The molecule has 6 nitrogen and oxygen atoms in total. The van der Waals surface area contributed by atoms with Crippen molar-refractivity contribution in [2.24, 2.45) is 10.9 Å². The largest absolute Gasteiger partial charge is 0.468 e. The number of ether oxygens (including phenoxy) is 1. The van der Waals surface area contributed by atoms with E-state index in [1.165, 1.54) is 23.6 Å². The van der Waals surface area contributed by atoms with Crippen LogP contribution >= 0.6 is 11.3 Å². The zero-order valence-electron chi connectivity index (χ0n) is 17.9. The lowest BCUT2D eigenvalue weighted by molar-refractivity contribution is -0.384. The lowest BCUT2D eigenvalue weighted by Crippen LogP contribution is -2.33. The number of thiophene rings is 1. The van der Waals surface area contributed by atoms with Gasteiger partial charge in [-0.2, -0.15) is 0 Å². The van der Waals surface area contributed by atoms with E-state index in [9.17, 15) is 14.9 Å². The molecule has 2 aromatic rings. The minimum absolute atomic E-state index is 0.0250. The van der Waals surface area contributed by atoms with Crippen molar-refractivity contribution in [1.29, 1.82) is 0 Å². The maximum atomic E-state index is 12.8. The van der Waals surface area contributed by atoms with Crippen LogP contribution in [0, 0.1) is 16.0 Å². The van der Waals surface area contributed by atoms with Gasteiger partial charge in [0.15, 0.2) is 0 Å². The fourth-order valence-corrected chi connectivity index (χ4v) is 5.66. The Bertz CT molecular complexity index is 980. The van der Waals surface area contributed by atoms with Gasteiger partial charge >= 0.3 is 5.97 Å². The lowest BCUT2D eigenvalue weighted by Gasteiger charge is -2.30. The molecule has 0 spiro atoms. The molecule has 1 aliphatic rings. The number of aryl methyl sites for hydroxylation is 1. The van der Waals surface area contributed by atoms with Gasteiger partial charge in [0.1, 0.15) is 10.9 Å². The highest BCUT2D eigenvalue weighted by atomic mass is 32.1. The first-order valence-corrected chi connectivity index (χ1v) is 11.3. The number of benzene rings is 1. The van der Waals surface area contributed by atoms with Gasteiger partial charge in [0.05, 0.1) is 12.0 Å². The molecule has 160 valence electrons. The van der Waals surface area contributed by atoms with E-state index < -0.39 is 10.8 Å². The van der Waals surface area contributed by atoms with E-state index in [0.29, 0.717) is 5.71 Å². The number of nitrogens with zero attached hydrogens (tertiary/aromatic N) is 2. The van der Waals surface area contributed by atoms with Gasteiger partial charge in [0, 0.05) is 34.2 Å². The second-order valence-electron chi connectivity index (χ2n) is 7.66. The Balaban J connectivity index is 2.26. The topological polar surface area (TPSA) is 81.8 Å². The Morgan fingerprint density at radius 1 is 1.27 bits per heavy atom. The summed E-state index contributed by atoms with van der Waals surface area (Å²) in [7, 11) is 1.38. The number of methoxy groups -OCH3 is 1. The Morgan fingerprint density at radius 3 is 2.67 bits per heavy atom. The molecule has 30 heavy (non-hydrogen) atoms. The summed E-state index contributed by atoms with van der Waals surface area (Å²) in [6.45, 7) is 6.17. The van der Waals surface area contributed by atoms with Crippen LogP contribution in [0.25, 0.3) is 0 Å². The maximum Gasteiger partial charge on any atom is 0.315 e. The highest BCUT2D eigenvalue weighted by Gasteiger charge is 2.41. The second kappa shape index (κ2) is 9.51. The van der Waals surface area contributed by atoms with Gasteiger partial charge in [-0.3, -0.25) is 14.9 Å². The number of non-ortho nitro benzene ring substituents is 1. The summed E-state index contributed by atoms with van der Waals surface area (Å²) < 4.78 is 5.13. The normalized spacial score (nSPS) is 17.9. The van der Waals surface area contributed by atoms with Crippen LogP contribution in [0.1, 0.15) is 67.5 Å². The van der Waals surface area contributed by atoms with Gasteiger partial charge in [-0.05, 0) is 37.3 Å². The van der Waals surface area contributed by atoms with E-state index >= 15 is 0 Å². The van der Waals surface area contributed by atoms with E-state index in [1.54, 1.807) is 23.5 Å². The van der Waals surface area contributed by atoms with Crippen LogP contribution in [0.3, 0.4) is 0 Å². The second-order valence-corrected chi connectivity index (χ2v) is 8.74. The Hall–Kier alpha value is -2.54. The molecule has 0 radical (unpaired) electrons. The van der Waals surface area contributed by atoms with Crippen LogP contribution in [0.4, 0.5) is 10.7 Å². The monoisotopic (exact) mass is 428 g/mol. The van der Waals surface area contributed by atoms with Crippen LogP contribution in [0.15, 0.2) is 29.3 Å². The van der Waals surface area contributed by atoms with Crippen LogP contribution in [0.5, 0.6) is 0 Å². The van der Waals surface area contributed by atoms with Gasteiger partial charge in [-0.15, -0.1) is 11.3 Å². The summed E-state index contributed by atoms with van der Waals surface area (Å²) in [6, 6.07) is 6.63. The first-order chi connectivity index (χ1) is 14.4. The zero-order chi connectivity index (χ0) is 21.8. The zero-order valence-corrected chi connectivity index (χ0v) is 18.8. The molecule has 0 N–H and O–H groups in total. The number of rotatable bonds is 8. The molecular weight excluding hydrogens is 400 g/mol. The van der Waals surface area contributed by atoms with Crippen molar-refractivity contribution in [3.05, 3.63) is 55.9 Å². The van der Waals surface area contributed by atoms with Gasteiger partial charge < -0.3 is 4.74 Å². The highest BCUT2D eigenvalue weighted by Crippen LogP contribution is 2.50. The molecule has 0 bridgehead atoms. The van der Waals surface area contributed by atoms with E-state index in [-0.39, 0.29) is 17.6 Å². The smallest absolute Gasteiger partial charge is 0.315 e. The van der Waals surface area contributed by atoms with Crippen molar-refractivity contribution >= 4 is 33.7 Å². The average molecular weight is 429 g/mol. The number of nitro groups is 1. The molecule has 1 aromatic heterocycles. The molecular formula is C23H28N2O4S. The predicted molar refractivity (Wildman–Crippen MR) is 120 cm³/mol. The molecule has 3 rings (SSSR count). The van der Waals surface area contributed by atoms with Gasteiger partial charge in [0.2, 0.25) is 0 Å². The van der Waals surface area contributed by atoms with Crippen LogP contribution in [-0.2, 0) is 22.4 Å². The number of unbranched alkanes of at least 4 members (excludes halogenated alkanes) is 1. The first kappa shape index (κ1) is 22.2. The number of esters is 1. The quantitative estimate of drug-likeness (QED) is 0.294. The van der Waals surface area contributed by atoms with E-state index in [2.05, 4.69) is 13.8 Å². The van der Waals surface area contributed by atoms with Crippen LogP contribution in [-0.4, -0.2) is 23.7 Å². The Labute approximate surface area is 181 Å². The molecule has 0 fully saturated rings. The molecule has 1 aromatic carbocycles. The molecule has 1 aliphatic heterocycles. The third kappa shape index (κ3) is 4.17. The maximum absolute atomic E-state index is 12.8. The number of carbonyl (C=O) groups is 1. The molecule has 7 heteroatoms. The Kier molecular flexibility index (Phi) is 7.02. The van der Waals surface area contributed by atoms with Crippen molar-refractivity contribution in [3.8, 4) is 0 Å². The summed E-state index contributed by atoms with van der Waals surface area (Å²) >= 11 is 1.70. The number of aliphatic imine (C=N–C) groups is 1. The molecule has 0 amide bonds. The minimum atomic E-state index is -0.589. The fraction of sp³-hybridized carbons (Fsp3) is 0.478. The SMILES string of the molecule is CCCCc1c(CCC)sc2c1C(c1cccc([N+](=O)[O-])c1)C(C(=O)OC)C(C)=N2. The van der Waals surface area contributed by atoms with E-state index in [1.807, 2.05) is 13.0 Å². The lowest BCUT2D eigenvalue weighted by atomic mass is 9.75. The van der Waals surface area contributed by atoms with E-state index in [4.69, 9.17) is 9.73 Å². The number of nitro benzene ring substituents is 1. The molecule has 2 unspecified atom stereocenters. The average Bonchev–Trinajstić information content (AvgIpc) is 3.07. The third-order valence-corrected chi connectivity index (χ3v) is 6.84. The van der Waals surface area contributed by atoms with Crippen LogP contribution in [0.2, 0.25) is 0 Å². The van der Waals surface area contributed by atoms with E-state index in [0.717, 1.165) is 48.2 Å². The molecule has 2 atom stereocenters. The predicted octanol–water partition coefficient (Wildman–Crippen LogP) is 5.98. The summed E-state index contributed by atoms with van der Waals surface area (Å²) in [5.74, 6) is -1.28. The summed E-state index contributed by atoms with van der Waals surface area (Å²) in [5, 5.41) is 12.3. The van der Waals surface area contributed by atoms with Crippen molar-refractivity contribution in [2.45, 2.75) is 58.8 Å². The number of hydrogen-bond acceptors (Lipinski definition) is 6. The van der Waals surface area contributed by atoms with Gasteiger partial charge in [-0.25, -0.2) is 4.99 Å². The highest BCUT2D eigenvalue weighted by molar-refractivity contribution is 7.16. The summed E-state index contributed by atoms with van der Waals surface area (Å²) in [4.78, 5) is 29.9. The number of fused-ring (bicyclic) bond motifs is 1. The molecule has 2 heterocycles.